The van der Waals surface area contributed by atoms with E-state index in [1.807, 2.05) is 35.2 Å². The lowest BCUT2D eigenvalue weighted by Gasteiger charge is -2.24. The van der Waals surface area contributed by atoms with Gasteiger partial charge >= 0.3 is 0 Å². The van der Waals surface area contributed by atoms with Crippen LogP contribution in [0.25, 0.3) is 10.2 Å². The normalized spacial score (nSPS) is 11.3. The average Bonchev–Trinajstić information content (AvgIpc) is 3.20. The third kappa shape index (κ3) is 6.05. The van der Waals surface area contributed by atoms with Gasteiger partial charge in [-0.2, -0.15) is 0 Å². The van der Waals surface area contributed by atoms with E-state index in [9.17, 15) is 4.79 Å². The van der Waals surface area contributed by atoms with Crippen molar-refractivity contribution in [1.82, 2.24) is 9.88 Å². The Kier molecular flexibility index (Phi) is 8.43. The predicted octanol–water partition coefficient (Wildman–Crippen LogP) is 5.77. The number of nitrogens with zero attached hydrogens (tertiary/aromatic N) is 3. The first-order chi connectivity index (χ1) is 15.0. The highest BCUT2D eigenvalue weighted by Crippen LogP contribution is 2.30. The van der Waals surface area contributed by atoms with Gasteiger partial charge in [0.15, 0.2) is 5.13 Å². The predicted molar refractivity (Wildman–Crippen MR) is 131 cm³/mol. The zero-order valence-electron chi connectivity index (χ0n) is 19.1. The van der Waals surface area contributed by atoms with Gasteiger partial charge in [0.1, 0.15) is 5.75 Å². The Morgan fingerprint density at radius 3 is 2.45 bits per heavy atom. The first kappa shape index (κ1) is 23.2. The van der Waals surface area contributed by atoms with Crippen LogP contribution in [0.2, 0.25) is 0 Å². The number of carbonyl (C=O) groups is 1. The second-order valence-electron chi connectivity index (χ2n) is 7.68. The quantitative estimate of drug-likeness (QED) is 0.356. The van der Waals surface area contributed by atoms with Crippen molar-refractivity contribution in [1.29, 1.82) is 0 Å². The minimum atomic E-state index is -0.0250. The summed E-state index contributed by atoms with van der Waals surface area (Å²) in [5.41, 5.74) is 2.78. The van der Waals surface area contributed by atoms with Gasteiger partial charge in [0, 0.05) is 18.7 Å². The SMILES string of the molecule is CCCCOc1ccc(C(=O)N(CCN(CC)CC)c2nc3ccc(C)cc3s2)cc1. The third-order valence-corrected chi connectivity index (χ3v) is 6.45. The molecular formula is C25H33N3O2S. The zero-order valence-corrected chi connectivity index (χ0v) is 19.9. The Morgan fingerprint density at radius 2 is 1.77 bits per heavy atom. The minimum Gasteiger partial charge on any atom is -0.494 e. The summed E-state index contributed by atoms with van der Waals surface area (Å²) in [5.74, 6) is 0.776. The van der Waals surface area contributed by atoms with E-state index < -0.39 is 0 Å². The molecule has 0 radical (unpaired) electrons. The summed E-state index contributed by atoms with van der Waals surface area (Å²) in [4.78, 5) is 22.4. The van der Waals surface area contributed by atoms with E-state index >= 15 is 0 Å². The molecule has 166 valence electrons. The summed E-state index contributed by atoms with van der Waals surface area (Å²) < 4.78 is 6.85. The number of likely N-dealkylation sites (N-methyl/N-ethyl adjacent to an activating group) is 1. The van der Waals surface area contributed by atoms with Crippen LogP contribution < -0.4 is 9.64 Å². The number of aryl methyl sites for hydroxylation is 1. The molecule has 0 aliphatic rings. The Balaban J connectivity index is 1.84. The van der Waals surface area contributed by atoms with Gasteiger partial charge in [0.2, 0.25) is 0 Å². The van der Waals surface area contributed by atoms with Crippen molar-refractivity contribution in [3.05, 3.63) is 53.6 Å². The molecule has 1 aromatic heterocycles. The number of thiazole rings is 1. The molecule has 0 aliphatic carbocycles. The van der Waals surface area contributed by atoms with Crippen molar-refractivity contribution in [2.45, 2.75) is 40.5 Å². The Bertz CT molecular complexity index is 980. The summed E-state index contributed by atoms with van der Waals surface area (Å²) in [7, 11) is 0. The van der Waals surface area contributed by atoms with Crippen LogP contribution in [-0.4, -0.2) is 48.6 Å². The molecule has 0 unspecified atom stereocenters. The monoisotopic (exact) mass is 439 g/mol. The molecule has 3 rings (SSSR count). The van der Waals surface area contributed by atoms with Gasteiger partial charge in [-0.3, -0.25) is 9.69 Å². The lowest BCUT2D eigenvalue weighted by molar-refractivity contribution is 0.0983. The number of fused-ring (bicyclic) bond motifs is 1. The summed E-state index contributed by atoms with van der Waals surface area (Å²) in [6, 6.07) is 13.7. The van der Waals surface area contributed by atoms with Crippen LogP contribution in [0.15, 0.2) is 42.5 Å². The molecule has 3 aromatic rings. The molecule has 31 heavy (non-hydrogen) atoms. The van der Waals surface area contributed by atoms with Crippen LogP contribution in [0, 0.1) is 6.92 Å². The zero-order chi connectivity index (χ0) is 22.2. The molecule has 5 nitrogen and oxygen atoms in total. The number of benzene rings is 2. The fourth-order valence-corrected chi connectivity index (χ4v) is 4.47. The average molecular weight is 440 g/mol. The van der Waals surface area contributed by atoms with Crippen molar-refractivity contribution in [2.24, 2.45) is 0 Å². The van der Waals surface area contributed by atoms with Crippen molar-refractivity contribution >= 4 is 32.6 Å². The van der Waals surface area contributed by atoms with Gasteiger partial charge < -0.3 is 9.64 Å². The van der Waals surface area contributed by atoms with E-state index in [4.69, 9.17) is 9.72 Å². The molecule has 1 heterocycles. The van der Waals surface area contributed by atoms with Crippen LogP contribution in [0.4, 0.5) is 5.13 Å². The third-order valence-electron chi connectivity index (χ3n) is 5.41. The maximum atomic E-state index is 13.5. The van der Waals surface area contributed by atoms with Crippen LogP contribution in [0.1, 0.15) is 49.5 Å². The molecule has 0 atom stereocenters. The highest BCUT2D eigenvalue weighted by molar-refractivity contribution is 7.22. The van der Waals surface area contributed by atoms with Crippen LogP contribution in [0.3, 0.4) is 0 Å². The van der Waals surface area contributed by atoms with Gasteiger partial charge in [0.05, 0.1) is 16.8 Å². The number of anilines is 1. The van der Waals surface area contributed by atoms with Gasteiger partial charge in [-0.25, -0.2) is 4.98 Å². The highest BCUT2D eigenvalue weighted by Gasteiger charge is 2.22. The van der Waals surface area contributed by atoms with E-state index in [0.717, 1.165) is 53.6 Å². The molecule has 0 saturated carbocycles. The molecule has 0 spiro atoms. The van der Waals surface area contributed by atoms with Gasteiger partial charge in [-0.15, -0.1) is 0 Å². The van der Waals surface area contributed by atoms with Crippen LogP contribution in [0.5, 0.6) is 5.75 Å². The molecule has 2 aromatic carbocycles. The van der Waals surface area contributed by atoms with E-state index in [-0.39, 0.29) is 5.91 Å². The van der Waals surface area contributed by atoms with Crippen molar-refractivity contribution in [2.75, 3.05) is 37.7 Å². The summed E-state index contributed by atoms with van der Waals surface area (Å²) in [6.45, 7) is 12.5. The molecule has 0 saturated heterocycles. The number of ether oxygens (including phenoxy) is 1. The van der Waals surface area contributed by atoms with Crippen LogP contribution in [-0.2, 0) is 0 Å². The van der Waals surface area contributed by atoms with Gasteiger partial charge in [-0.05, 0) is 68.4 Å². The van der Waals surface area contributed by atoms with E-state index in [2.05, 4.69) is 44.7 Å². The second-order valence-corrected chi connectivity index (χ2v) is 8.69. The smallest absolute Gasteiger partial charge is 0.260 e. The van der Waals surface area contributed by atoms with Crippen molar-refractivity contribution in [3.63, 3.8) is 0 Å². The van der Waals surface area contributed by atoms with E-state index in [1.165, 1.54) is 5.56 Å². The molecule has 1 amide bonds. The maximum Gasteiger partial charge on any atom is 0.260 e. The molecule has 6 heteroatoms. The summed E-state index contributed by atoms with van der Waals surface area (Å²) in [6.07, 6.45) is 2.12. The fourth-order valence-electron chi connectivity index (χ4n) is 3.38. The number of rotatable bonds is 11. The van der Waals surface area contributed by atoms with Gasteiger partial charge in [-0.1, -0.05) is 44.6 Å². The standard InChI is InChI=1S/C25H33N3O2S/c1-5-8-17-30-21-12-10-20(11-13-21)24(29)28(16-15-27(6-2)7-3)25-26-22-14-9-19(4)18-23(22)31-25/h9-14,18H,5-8,15-17H2,1-4H3. The topological polar surface area (TPSA) is 45.7 Å². The summed E-state index contributed by atoms with van der Waals surface area (Å²) in [5, 5.41) is 0.751. The largest absolute Gasteiger partial charge is 0.494 e. The Morgan fingerprint density at radius 1 is 1.03 bits per heavy atom. The van der Waals surface area contributed by atoms with Gasteiger partial charge in [0.25, 0.3) is 5.91 Å². The molecule has 0 bridgehead atoms. The van der Waals surface area contributed by atoms with E-state index in [1.54, 1.807) is 11.3 Å². The number of carbonyl (C=O) groups excluding carboxylic acids is 1. The number of amides is 1. The molecule has 0 aliphatic heterocycles. The lowest BCUT2D eigenvalue weighted by Crippen LogP contribution is -2.38. The second kappa shape index (κ2) is 11.3. The highest BCUT2D eigenvalue weighted by atomic mass is 32.1. The lowest BCUT2D eigenvalue weighted by atomic mass is 10.2. The molecule has 0 N–H and O–H groups in total. The molecule has 0 fully saturated rings. The number of hydrogen-bond acceptors (Lipinski definition) is 5. The molecular weight excluding hydrogens is 406 g/mol. The first-order valence-corrected chi connectivity index (χ1v) is 12.0. The van der Waals surface area contributed by atoms with Crippen LogP contribution >= 0.6 is 11.3 Å². The van der Waals surface area contributed by atoms with E-state index in [0.29, 0.717) is 18.7 Å². The fraction of sp³-hybridized carbons (Fsp3) is 0.440. The summed E-state index contributed by atoms with van der Waals surface area (Å²) >= 11 is 1.58. The minimum absolute atomic E-state index is 0.0250. The number of unbranched alkanes of at least 4 members (excludes halogenated alkanes) is 1. The number of hydrogen-bond donors (Lipinski definition) is 0. The van der Waals surface area contributed by atoms with Crippen molar-refractivity contribution in [3.8, 4) is 5.75 Å². The maximum absolute atomic E-state index is 13.5. The first-order valence-electron chi connectivity index (χ1n) is 11.2. The Hall–Kier alpha value is -2.44. The number of aromatic nitrogens is 1. The Labute approximate surface area is 189 Å². The van der Waals surface area contributed by atoms with Crippen molar-refractivity contribution < 1.29 is 9.53 Å².